The number of likely N-dealkylation sites (tertiary alicyclic amines) is 1. The zero-order valence-electron chi connectivity index (χ0n) is 21.8. The van der Waals surface area contributed by atoms with Gasteiger partial charge in [-0.3, -0.25) is 14.8 Å². The van der Waals surface area contributed by atoms with Crippen LogP contribution in [0.15, 0.2) is 48.5 Å². The molecule has 9 heteroatoms. The summed E-state index contributed by atoms with van der Waals surface area (Å²) >= 11 is 0. The monoisotopic (exact) mass is 525 g/mol. The fourth-order valence-electron chi connectivity index (χ4n) is 5.01. The maximum Gasteiger partial charge on any atom is 0.243 e. The molecule has 2 amide bonds. The van der Waals surface area contributed by atoms with E-state index in [9.17, 15) is 14.7 Å². The minimum Gasteiger partial charge on any atom is -0.392 e. The van der Waals surface area contributed by atoms with Crippen LogP contribution in [0.5, 0.6) is 0 Å². The first-order chi connectivity index (χ1) is 18.5. The summed E-state index contributed by atoms with van der Waals surface area (Å²) in [5.74, 6) is -0.641. The molecule has 2 aromatic rings. The maximum atomic E-state index is 12.0. The number of nitrogens with one attached hydrogen (secondary N) is 2. The van der Waals surface area contributed by atoms with Gasteiger partial charge < -0.3 is 24.8 Å². The smallest absolute Gasteiger partial charge is 0.243 e. The van der Waals surface area contributed by atoms with Gasteiger partial charge in [0.25, 0.3) is 0 Å². The summed E-state index contributed by atoms with van der Waals surface area (Å²) in [5, 5.41) is 20.8. The standard InChI is InChI=1S/C29H39N3O6/c33-20-22-9-11-23(12-10-22)26-17-25(19-32-15-2-1-3-16-32)37-29(38-26)24-13-7-21(8-14-24)18-30-27(34)5-4-6-28(35)31-36/h7-14,25-26,29,33,36H,1-6,15-20H2,(H,30,34)(H,31,35). The second-order valence-electron chi connectivity index (χ2n) is 10.1. The van der Waals surface area contributed by atoms with Crippen molar-refractivity contribution < 1.29 is 29.4 Å². The summed E-state index contributed by atoms with van der Waals surface area (Å²) in [6.07, 6.45) is 4.65. The lowest BCUT2D eigenvalue weighted by atomic mass is 9.99. The van der Waals surface area contributed by atoms with Gasteiger partial charge in [0.2, 0.25) is 11.8 Å². The Kier molecular flexibility index (Phi) is 10.7. The lowest BCUT2D eigenvalue weighted by Gasteiger charge is -2.39. The first kappa shape index (κ1) is 28.2. The molecule has 9 nitrogen and oxygen atoms in total. The molecule has 2 heterocycles. The Morgan fingerprint density at radius 2 is 1.53 bits per heavy atom. The van der Waals surface area contributed by atoms with Crippen LogP contribution in [0, 0.1) is 0 Å². The van der Waals surface area contributed by atoms with Crippen LogP contribution in [-0.4, -0.2) is 52.8 Å². The fourth-order valence-corrected chi connectivity index (χ4v) is 5.01. The van der Waals surface area contributed by atoms with Crippen molar-refractivity contribution in [2.45, 2.75) is 76.6 Å². The third-order valence-corrected chi connectivity index (χ3v) is 7.20. The van der Waals surface area contributed by atoms with Crippen molar-refractivity contribution in [3.63, 3.8) is 0 Å². The van der Waals surface area contributed by atoms with Crippen LogP contribution >= 0.6 is 0 Å². The molecular formula is C29H39N3O6. The maximum absolute atomic E-state index is 12.0. The summed E-state index contributed by atoms with van der Waals surface area (Å²) in [5.41, 5.74) is 5.40. The molecule has 38 heavy (non-hydrogen) atoms. The molecule has 2 saturated heterocycles. The van der Waals surface area contributed by atoms with Gasteiger partial charge in [-0.05, 0) is 49.0 Å². The van der Waals surface area contributed by atoms with E-state index in [2.05, 4.69) is 10.2 Å². The van der Waals surface area contributed by atoms with Crippen molar-refractivity contribution in [1.29, 1.82) is 0 Å². The molecular weight excluding hydrogens is 486 g/mol. The van der Waals surface area contributed by atoms with E-state index in [0.717, 1.165) is 48.3 Å². The molecule has 2 aliphatic rings. The predicted molar refractivity (Wildman–Crippen MR) is 141 cm³/mol. The van der Waals surface area contributed by atoms with Crippen LogP contribution in [0.4, 0.5) is 0 Å². The number of amides is 2. The van der Waals surface area contributed by atoms with Gasteiger partial charge in [-0.1, -0.05) is 55.0 Å². The molecule has 0 aliphatic carbocycles. The minimum atomic E-state index is -0.498. The highest BCUT2D eigenvalue weighted by Gasteiger charge is 2.33. The van der Waals surface area contributed by atoms with Crippen molar-refractivity contribution in [3.8, 4) is 0 Å². The molecule has 4 rings (SSSR count). The van der Waals surface area contributed by atoms with Gasteiger partial charge in [-0.2, -0.15) is 0 Å². The molecule has 206 valence electrons. The van der Waals surface area contributed by atoms with E-state index in [1.165, 1.54) is 19.3 Å². The topological polar surface area (TPSA) is 120 Å². The zero-order chi connectivity index (χ0) is 26.7. The predicted octanol–water partition coefficient (Wildman–Crippen LogP) is 3.50. The quantitative estimate of drug-likeness (QED) is 0.262. The van der Waals surface area contributed by atoms with Crippen LogP contribution in [0.25, 0.3) is 0 Å². The summed E-state index contributed by atoms with van der Waals surface area (Å²) in [7, 11) is 0. The summed E-state index contributed by atoms with van der Waals surface area (Å²) in [6.45, 7) is 3.50. The van der Waals surface area contributed by atoms with E-state index in [1.807, 2.05) is 48.5 Å². The van der Waals surface area contributed by atoms with Crippen LogP contribution < -0.4 is 10.8 Å². The van der Waals surface area contributed by atoms with E-state index in [4.69, 9.17) is 14.7 Å². The van der Waals surface area contributed by atoms with Gasteiger partial charge in [0.1, 0.15) is 0 Å². The molecule has 4 N–H and O–H groups in total. The van der Waals surface area contributed by atoms with Gasteiger partial charge in [-0.15, -0.1) is 0 Å². The first-order valence-electron chi connectivity index (χ1n) is 13.6. The molecule has 2 aliphatic heterocycles. The van der Waals surface area contributed by atoms with Crippen molar-refractivity contribution in [2.24, 2.45) is 0 Å². The second kappa shape index (κ2) is 14.4. The van der Waals surface area contributed by atoms with Crippen LogP contribution in [0.1, 0.15) is 79.6 Å². The number of piperidine rings is 1. The molecule has 0 saturated carbocycles. The number of hydroxylamine groups is 1. The molecule has 0 spiro atoms. The normalized spacial score (nSPS) is 22.1. The van der Waals surface area contributed by atoms with E-state index in [-0.39, 0.29) is 37.6 Å². The van der Waals surface area contributed by atoms with E-state index >= 15 is 0 Å². The van der Waals surface area contributed by atoms with Crippen LogP contribution in [0.3, 0.4) is 0 Å². The number of nitrogens with zero attached hydrogens (tertiary/aromatic N) is 1. The number of hydrogen-bond acceptors (Lipinski definition) is 7. The van der Waals surface area contributed by atoms with Crippen molar-refractivity contribution in [2.75, 3.05) is 19.6 Å². The Balaban J connectivity index is 1.37. The Labute approximate surface area is 224 Å². The number of benzene rings is 2. The van der Waals surface area contributed by atoms with Crippen molar-refractivity contribution in [3.05, 3.63) is 70.8 Å². The molecule has 3 atom stereocenters. The number of carbonyl (C=O) groups is 2. The van der Waals surface area contributed by atoms with Gasteiger partial charge in [0.15, 0.2) is 6.29 Å². The Bertz CT molecular complexity index is 1020. The summed E-state index contributed by atoms with van der Waals surface area (Å²) < 4.78 is 12.9. The zero-order valence-corrected chi connectivity index (χ0v) is 21.8. The van der Waals surface area contributed by atoms with Gasteiger partial charge in [0.05, 0.1) is 18.8 Å². The Morgan fingerprint density at radius 3 is 2.21 bits per heavy atom. The molecule has 0 radical (unpaired) electrons. The lowest BCUT2D eigenvalue weighted by molar-refractivity contribution is -0.253. The average molecular weight is 526 g/mol. The van der Waals surface area contributed by atoms with Crippen molar-refractivity contribution in [1.82, 2.24) is 15.7 Å². The third-order valence-electron chi connectivity index (χ3n) is 7.20. The molecule has 0 aromatic heterocycles. The van der Waals surface area contributed by atoms with Gasteiger partial charge in [0, 0.05) is 37.9 Å². The number of aliphatic hydroxyl groups is 1. The molecule has 0 bridgehead atoms. The highest BCUT2D eigenvalue weighted by atomic mass is 16.7. The Morgan fingerprint density at radius 1 is 0.868 bits per heavy atom. The number of carbonyl (C=O) groups excluding carboxylic acids is 2. The number of aliphatic hydroxyl groups excluding tert-OH is 1. The lowest BCUT2D eigenvalue weighted by Crippen LogP contribution is -2.41. The van der Waals surface area contributed by atoms with Crippen LogP contribution in [-0.2, 0) is 32.2 Å². The molecule has 3 unspecified atom stereocenters. The average Bonchev–Trinajstić information content (AvgIpc) is 2.96. The van der Waals surface area contributed by atoms with E-state index in [0.29, 0.717) is 13.0 Å². The largest absolute Gasteiger partial charge is 0.392 e. The third kappa shape index (κ3) is 8.34. The van der Waals surface area contributed by atoms with E-state index < -0.39 is 12.2 Å². The number of ether oxygens (including phenoxy) is 2. The fraction of sp³-hybridized carbons (Fsp3) is 0.517. The van der Waals surface area contributed by atoms with Gasteiger partial charge >= 0.3 is 0 Å². The SMILES string of the molecule is O=C(CCCC(=O)NCc1ccc(C2OC(CN3CCCCC3)CC(c3ccc(CO)cc3)O2)cc1)NO. The number of rotatable bonds is 11. The van der Waals surface area contributed by atoms with E-state index in [1.54, 1.807) is 5.48 Å². The minimum absolute atomic E-state index is 0.0167. The highest BCUT2D eigenvalue weighted by molar-refractivity contribution is 5.78. The van der Waals surface area contributed by atoms with Crippen molar-refractivity contribution >= 4 is 11.8 Å². The summed E-state index contributed by atoms with van der Waals surface area (Å²) in [6, 6.07) is 15.8. The first-order valence-corrected chi connectivity index (χ1v) is 13.6. The highest BCUT2D eigenvalue weighted by Crippen LogP contribution is 2.38. The van der Waals surface area contributed by atoms with Gasteiger partial charge in [-0.25, -0.2) is 5.48 Å². The molecule has 2 fully saturated rings. The Hall–Kier alpha value is -2.82. The van der Waals surface area contributed by atoms with Crippen LogP contribution in [0.2, 0.25) is 0 Å². The molecule has 2 aromatic carbocycles. The summed E-state index contributed by atoms with van der Waals surface area (Å²) in [4.78, 5) is 25.6. The second-order valence-corrected chi connectivity index (χ2v) is 10.1. The number of hydrogen-bond donors (Lipinski definition) is 4.